The number of aromatic nitrogens is 2. The van der Waals surface area contributed by atoms with Gasteiger partial charge in [0.25, 0.3) is 5.56 Å². The molecule has 1 aromatic carbocycles. The molecule has 0 unspecified atom stereocenters. The van der Waals surface area contributed by atoms with Gasteiger partial charge in [-0.1, -0.05) is 0 Å². The number of ether oxygens (including phenoxy) is 2. The molecule has 0 fully saturated rings. The first kappa shape index (κ1) is 17.4. The summed E-state index contributed by atoms with van der Waals surface area (Å²) in [7, 11) is 0. The Hall–Kier alpha value is -2.67. The van der Waals surface area contributed by atoms with E-state index in [2.05, 4.69) is 4.98 Å². The molecule has 1 aliphatic heterocycles. The molecule has 0 N–H and O–H groups in total. The van der Waals surface area contributed by atoms with Crippen molar-refractivity contribution in [2.75, 3.05) is 13.2 Å². The molecule has 2 aliphatic rings. The molecule has 5 rings (SSSR count). The van der Waals surface area contributed by atoms with Gasteiger partial charge in [0.15, 0.2) is 17.3 Å². The first-order valence-electron chi connectivity index (χ1n) is 9.63. The summed E-state index contributed by atoms with van der Waals surface area (Å²) in [5.41, 5.74) is 1.52. The van der Waals surface area contributed by atoms with Crippen LogP contribution in [0.1, 0.15) is 40.1 Å². The first-order chi connectivity index (χ1) is 13.7. The minimum Gasteiger partial charge on any atom is -0.490 e. The fourth-order valence-corrected chi connectivity index (χ4v) is 5.10. The van der Waals surface area contributed by atoms with E-state index in [0.29, 0.717) is 35.7 Å². The van der Waals surface area contributed by atoms with Crippen molar-refractivity contribution in [2.45, 2.75) is 38.6 Å². The number of nitrogens with zero attached hydrogens (tertiary/aromatic N) is 2. The number of aryl methyl sites for hydroxylation is 2. The Morgan fingerprint density at radius 1 is 1.11 bits per heavy atom. The van der Waals surface area contributed by atoms with Crippen molar-refractivity contribution in [3.05, 3.63) is 50.9 Å². The van der Waals surface area contributed by atoms with Crippen molar-refractivity contribution in [3.8, 4) is 11.5 Å². The molecule has 0 radical (unpaired) electrons. The topological polar surface area (TPSA) is 70.4 Å². The fraction of sp³-hybridized carbons (Fsp3) is 0.381. The molecule has 0 saturated carbocycles. The third-order valence-electron chi connectivity index (χ3n) is 5.33. The van der Waals surface area contributed by atoms with Crippen LogP contribution in [-0.2, 0) is 19.4 Å². The number of fused-ring (bicyclic) bond motifs is 4. The molecule has 1 aliphatic carbocycles. The quantitative estimate of drug-likeness (QED) is 0.635. The van der Waals surface area contributed by atoms with Crippen molar-refractivity contribution < 1.29 is 14.3 Å². The van der Waals surface area contributed by atoms with E-state index in [1.165, 1.54) is 15.8 Å². The van der Waals surface area contributed by atoms with Crippen molar-refractivity contribution in [2.24, 2.45) is 0 Å². The minimum atomic E-state index is -0.150. The average molecular weight is 396 g/mol. The lowest BCUT2D eigenvalue weighted by molar-refractivity contribution is 0.0970. The molecule has 3 aromatic rings. The first-order valence-corrected chi connectivity index (χ1v) is 10.4. The van der Waals surface area contributed by atoms with Crippen molar-refractivity contribution in [1.82, 2.24) is 9.55 Å². The molecule has 144 valence electrons. The molecule has 0 saturated heterocycles. The van der Waals surface area contributed by atoms with Crippen LogP contribution in [0.2, 0.25) is 0 Å². The van der Waals surface area contributed by atoms with Gasteiger partial charge in [-0.2, -0.15) is 0 Å². The van der Waals surface area contributed by atoms with E-state index in [1.807, 2.05) is 0 Å². The molecule has 2 aromatic heterocycles. The minimum absolute atomic E-state index is 0.0357. The van der Waals surface area contributed by atoms with Gasteiger partial charge in [0.1, 0.15) is 4.83 Å². The van der Waals surface area contributed by atoms with Crippen LogP contribution in [0, 0.1) is 0 Å². The summed E-state index contributed by atoms with van der Waals surface area (Å²) in [4.78, 5) is 32.4. The zero-order chi connectivity index (χ0) is 19.1. The van der Waals surface area contributed by atoms with Crippen LogP contribution < -0.4 is 15.0 Å². The third kappa shape index (κ3) is 2.99. The summed E-state index contributed by atoms with van der Waals surface area (Å²) >= 11 is 1.62. The van der Waals surface area contributed by atoms with Crippen molar-refractivity contribution in [1.29, 1.82) is 0 Å². The summed E-state index contributed by atoms with van der Waals surface area (Å²) in [6.45, 7) is 1.13. The highest BCUT2D eigenvalue weighted by Gasteiger charge is 2.21. The second-order valence-electron chi connectivity index (χ2n) is 7.20. The number of Topliss-reactive ketones (excluding diaryl/α,β-unsaturated/α-hetero) is 1. The van der Waals surface area contributed by atoms with Crippen LogP contribution in [0.15, 0.2) is 29.3 Å². The summed E-state index contributed by atoms with van der Waals surface area (Å²) in [5.74, 6) is 1.08. The molecule has 0 spiro atoms. The summed E-state index contributed by atoms with van der Waals surface area (Å²) < 4.78 is 12.7. The lowest BCUT2D eigenvalue weighted by atomic mass is 9.97. The van der Waals surface area contributed by atoms with Gasteiger partial charge in [-0.05, 0) is 49.4 Å². The van der Waals surface area contributed by atoms with E-state index >= 15 is 0 Å². The molecular weight excluding hydrogens is 376 g/mol. The van der Waals surface area contributed by atoms with Gasteiger partial charge >= 0.3 is 0 Å². The number of ketones is 1. The Kier molecular flexibility index (Phi) is 4.39. The SMILES string of the molecule is O=C(Cn1cnc2sc3c(c2c1=O)CCCC3)c1ccc2c(c1)OCCCO2. The molecule has 0 atom stereocenters. The van der Waals surface area contributed by atoms with E-state index in [4.69, 9.17) is 9.47 Å². The van der Waals surface area contributed by atoms with Crippen LogP contribution in [0.4, 0.5) is 0 Å². The number of rotatable bonds is 3. The fourth-order valence-electron chi connectivity index (χ4n) is 3.88. The second-order valence-corrected chi connectivity index (χ2v) is 8.29. The molecule has 6 nitrogen and oxygen atoms in total. The van der Waals surface area contributed by atoms with E-state index < -0.39 is 0 Å². The van der Waals surface area contributed by atoms with E-state index in [0.717, 1.165) is 42.5 Å². The van der Waals surface area contributed by atoms with E-state index in [1.54, 1.807) is 29.5 Å². The summed E-state index contributed by atoms with van der Waals surface area (Å²) in [6, 6.07) is 5.18. The maximum atomic E-state index is 13.0. The molecular formula is C21H20N2O4S. The monoisotopic (exact) mass is 396 g/mol. The Bertz CT molecular complexity index is 1130. The lowest BCUT2D eigenvalue weighted by Crippen LogP contribution is -2.25. The van der Waals surface area contributed by atoms with Crippen molar-refractivity contribution >= 4 is 27.3 Å². The Balaban J connectivity index is 1.47. The highest BCUT2D eigenvalue weighted by molar-refractivity contribution is 7.18. The number of hydrogen-bond acceptors (Lipinski definition) is 6. The lowest BCUT2D eigenvalue weighted by Gasteiger charge is -2.11. The Morgan fingerprint density at radius 3 is 2.82 bits per heavy atom. The number of benzene rings is 1. The largest absolute Gasteiger partial charge is 0.490 e. The zero-order valence-corrected chi connectivity index (χ0v) is 16.2. The maximum absolute atomic E-state index is 13.0. The second kappa shape index (κ2) is 7.05. The van der Waals surface area contributed by atoms with E-state index in [9.17, 15) is 9.59 Å². The van der Waals surface area contributed by atoms with Crippen LogP contribution in [-0.4, -0.2) is 28.5 Å². The average Bonchev–Trinajstić information content (AvgIpc) is 2.93. The van der Waals surface area contributed by atoms with Crippen molar-refractivity contribution in [3.63, 3.8) is 0 Å². The van der Waals surface area contributed by atoms with Gasteiger partial charge < -0.3 is 9.47 Å². The van der Waals surface area contributed by atoms with Gasteiger partial charge in [0.2, 0.25) is 0 Å². The number of thiophene rings is 1. The summed E-state index contributed by atoms with van der Waals surface area (Å²) in [5, 5.41) is 0.702. The number of carbonyl (C=O) groups excluding carboxylic acids is 1. The van der Waals surface area contributed by atoms with Gasteiger partial charge in [-0.25, -0.2) is 4.98 Å². The predicted molar refractivity (Wildman–Crippen MR) is 107 cm³/mol. The smallest absolute Gasteiger partial charge is 0.262 e. The summed E-state index contributed by atoms with van der Waals surface area (Å²) in [6.07, 6.45) is 6.51. The van der Waals surface area contributed by atoms with Crippen LogP contribution in [0.25, 0.3) is 10.2 Å². The zero-order valence-electron chi connectivity index (χ0n) is 15.4. The van der Waals surface area contributed by atoms with Gasteiger partial charge in [-0.3, -0.25) is 14.2 Å². The van der Waals surface area contributed by atoms with Gasteiger partial charge in [-0.15, -0.1) is 11.3 Å². The molecule has 7 heteroatoms. The Labute approximate surface area is 165 Å². The van der Waals surface area contributed by atoms with E-state index in [-0.39, 0.29) is 17.9 Å². The third-order valence-corrected chi connectivity index (χ3v) is 6.53. The maximum Gasteiger partial charge on any atom is 0.262 e. The Morgan fingerprint density at radius 2 is 1.93 bits per heavy atom. The normalized spacial score (nSPS) is 15.9. The number of carbonyl (C=O) groups is 1. The highest BCUT2D eigenvalue weighted by Crippen LogP contribution is 2.33. The standard InChI is InChI=1S/C21H20N2O4S/c24-15(13-6-7-16-17(10-13)27-9-3-8-26-16)11-23-12-22-20-19(21(23)25)14-4-1-2-5-18(14)28-20/h6-7,10,12H,1-5,8-9,11H2. The van der Waals surface area contributed by atoms with Crippen LogP contribution in [0.5, 0.6) is 11.5 Å². The number of hydrogen-bond donors (Lipinski definition) is 0. The molecule has 28 heavy (non-hydrogen) atoms. The van der Waals surface area contributed by atoms with Gasteiger partial charge in [0, 0.05) is 16.9 Å². The van der Waals surface area contributed by atoms with Crippen LogP contribution >= 0.6 is 11.3 Å². The predicted octanol–water partition coefficient (Wildman–Crippen LogP) is 3.38. The molecule has 0 bridgehead atoms. The van der Waals surface area contributed by atoms with Crippen LogP contribution in [0.3, 0.4) is 0 Å². The molecule has 3 heterocycles. The molecule has 0 amide bonds. The van der Waals surface area contributed by atoms with Gasteiger partial charge in [0.05, 0.1) is 31.5 Å². The highest BCUT2D eigenvalue weighted by atomic mass is 32.1.